The van der Waals surface area contributed by atoms with Gasteiger partial charge in [-0.2, -0.15) is 5.10 Å². The summed E-state index contributed by atoms with van der Waals surface area (Å²) in [5.74, 6) is -0.803. The Morgan fingerprint density at radius 3 is 2.60 bits per heavy atom. The topological polar surface area (TPSA) is 74.1 Å². The largest absolute Gasteiger partial charge is 0.465 e. The molecule has 2 aromatic carbocycles. The molecule has 0 N–H and O–H groups in total. The molecule has 0 amide bonds. The predicted molar refractivity (Wildman–Crippen MR) is 112 cm³/mol. The summed E-state index contributed by atoms with van der Waals surface area (Å²) in [4.78, 5) is 28.4. The lowest BCUT2D eigenvalue weighted by Crippen LogP contribution is -2.23. The van der Waals surface area contributed by atoms with Crippen LogP contribution < -0.4 is 5.56 Å². The maximum Gasteiger partial charge on any atom is 0.337 e. The van der Waals surface area contributed by atoms with E-state index in [9.17, 15) is 14.0 Å². The van der Waals surface area contributed by atoms with Crippen molar-refractivity contribution in [3.63, 3.8) is 0 Å². The van der Waals surface area contributed by atoms with Crippen LogP contribution in [0.1, 0.15) is 16.1 Å². The summed E-state index contributed by atoms with van der Waals surface area (Å²) in [6, 6.07) is 16.1. The molecule has 2 heterocycles. The SMILES string of the molecule is COC(=O)c1ccc(-c2nc(Cn3nc(-c4ccccc4F)ccc3=O)cs2)cc1. The van der Waals surface area contributed by atoms with Crippen LogP contribution in [0, 0.1) is 5.82 Å². The van der Waals surface area contributed by atoms with E-state index < -0.39 is 11.8 Å². The molecule has 0 atom stereocenters. The summed E-state index contributed by atoms with van der Waals surface area (Å²) in [5, 5.41) is 6.89. The average Bonchev–Trinajstić information content (AvgIpc) is 3.24. The molecule has 0 aliphatic rings. The number of nitrogens with zero attached hydrogens (tertiary/aromatic N) is 3. The number of hydrogen-bond acceptors (Lipinski definition) is 6. The van der Waals surface area contributed by atoms with Gasteiger partial charge in [0.15, 0.2) is 0 Å². The Bertz CT molecular complexity index is 1270. The highest BCUT2D eigenvalue weighted by Gasteiger charge is 2.11. The van der Waals surface area contributed by atoms with E-state index >= 15 is 0 Å². The van der Waals surface area contributed by atoms with Gasteiger partial charge in [-0.3, -0.25) is 4.79 Å². The highest BCUT2D eigenvalue weighted by atomic mass is 32.1. The highest BCUT2D eigenvalue weighted by molar-refractivity contribution is 7.13. The predicted octanol–water partition coefficient (Wildman–Crippen LogP) is 4.01. The molecular weight excluding hydrogens is 405 g/mol. The van der Waals surface area contributed by atoms with Gasteiger partial charge < -0.3 is 4.74 Å². The van der Waals surface area contributed by atoms with E-state index in [1.807, 2.05) is 5.38 Å². The van der Waals surface area contributed by atoms with Crippen LogP contribution in [0.15, 0.2) is 70.8 Å². The van der Waals surface area contributed by atoms with Gasteiger partial charge in [0.25, 0.3) is 5.56 Å². The van der Waals surface area contributed by atoms with Crippen LogP contribution in [0.4, 0.5) is 4.39 Å². The standard InChI is InChI=1S/C22H16FN3O3S/c1-29-22(28)15-8-6-14(7-9-15)21-24-16(13-30-21)12-26-20(27)11-10-19(25-26)17-4-2-3-5-18(17)23/h2-11,13H,12H2,1H3. The number of benzene rings is 2. The zero-order chi connectivity index (χ0) is 21.1. The normalized spacial score (nSPS) is 10.7. The monoisotopic (exact) mass is 421 g/mol. The number of halogens is 1. The van der Waals surface area contributed by atoms with Gasteiger partial charge in [-0.25, -0.2) is 18.9 Å². The summed E-state index contributed by atoms with van der Waals surface area (Å²) in [7, 11) is 1.33. The molecule has 0 spiro atoms. The smallest absolute Gasteiger partial charge is 0.337 e. The fourth-order valence-electron chi connectivity index (χ4n) is 2.91. The number of ether oxygens (including phenoxy) is 1. The molecule has 150 valence electrons. The lowest BCUT2D eigenvalue weighted by Gasteiger charge is -2.06. The molecule has 0 saturated carbocycles. The molecule has 0 fully saturated rings. The molecule has 0 aliphatic carbocycles. The third-order valence-corrected chi connectivity index (χ3v) is 5.37. The molecular formula is C22H16FN3O3S. The second kappa shape index (κ2) is 8.38. The van der Waals surface area contributed by atoms with Gasteiger partial charge in [0, 0.05) is 22.6 Å². The molecule has 0 aliphatic heterocycles. The summed E-state index contributed by atoms with van der Waals surface area (Å²) >= 11 is 1.42. The highest BCUT2D eigenvalue weighted by Crippen LogP contribution is 2.25. The third-order valence-electron chi connectivity index (χ3n) is 4.43. The van der Waals surface area contributed by atoms with Crippen LogP contribution in [0.5, 0.6) is 0 Å². The molecule has 30 heavy (non-hydrogen) atoms. The third kappa shape index (κ3) is 4.04. The number of hydrogen-bond donors (Lipinski definition) is 0. The molecule has 4 rings (SSSR count). The number of thiazole rings is 1. The lowest BCUT2D eigenvalue weighted by molar-refractivity contribution is 0.0601. The van der Waals surface area contributed by atoms with Gasteiger partial charge in [-0.15, -0.1) is 11.3 Å². The average molecular weight is 421 g/mol. The minimum atomic E-state index is -0.401. The molecule has 6 nitrogen and oxygen atoms in total. The first kappa shape index (κ1) is 19.7. The molecule has 0 bridgehead atoms. The van der Waals surface area contributed by atoms with Crippen LogP contribution in [0.3, 0.4) is 0 Å². The second-order valence-corrected chi connectivity index (χ2v) is 7.27. The molecule has 8 heteroatoms. The van der Waals surface area contributed by atoms with Crippen molar-refractivity contribution in [2.24, 2.45) is 0 Å². The van der Waals surface area contributed by atoms with Crippen molar-refractivity contribution in [1.82, 2.24) is 14.8 Å². The van der Waals surface area contributed by atoms with E-state index in [1.165, 1.54) is 41.3 Å². The van der Waals surface area contributed by atoms with Crippen LogP contribution in [-0.2, 0) is 11.3 Å². The summed E-state index contributed by atoms with van der Waals surface area (Å²) in [5.41, 5.74) is 2.37. The molecule has 4 aromatic rings. The quantitative estimate of drug-likeness (QED) is 0.455. The summed E-state index contributed by atoms with van der Waals surface area (Å²) in [6.45, 7) is 0.165. The van der Waals surface area contributed by atoms with Crippen molar-refractivity contribution in [2.45, 2.75) is 6.54 Å². The van der Waals surface area contributed by atoms with Crippen LogP contribution in [0.25, 0.3) is 21.8 Å². The second-order valence-electron chi connectivity index (χ2n) is 6.41. The number of methoxy groups -OCH3 is 1. The van der Waals surface area contributed by atoms with Crippen LogP contribution in [-0.4, -0.2) is 27.8 Å². The van der Waals surface area contributed by atoms with Gasteiger partial charge in [0.2, 0.25) is 0 Å². The first-order chi connectivity index (χ1) is 14.5. The molecule has 0 unspecified atom stereocenters. The number of esters is 1. The van der Waals surface area contributed by atoms with Crippen LogP contribution in [0.2, 0.25) is 0 Å². The minimum absolute atomic E-state index is 0.165. The maximum absolute atomic E-state index is 14.1. The van der Waals surface area contributed by atoms with Crippen molar-refractivity contribution < 1.29 is 13.9 Å². The zero-order valence-corrected chi connectivity index (χ0v) is 16.7. The number of aromatic nitrogens is 3. The van der Waals surface area contributed by atoms with E-state index in [4.69, 9.17) is 4.74 Å². The van der Waals surface area contributed by atoms with Crippen molar-refractivity contribution in [3.05, 3.63) is 93.5 Å². The van der Waals surface area contributed by atoms with Gasteiger partial charge in [-0.05, 0) is 30.3 Å². The Labute approximate surface area is 175 Å². The van der Waals surface area contributed by atoms with Gasteiger partial charge in [-0.1, -0.05) is 24.3 Å². The van der Waals surface area contributed by atoms with E-state index in [0.29, 0.717) is 22.5 Å². The molecule has 0 saturated heterocycles. The van der Waals surface area contributed by atoms with E-state index in [-0.39, 0.29) is 12.1 Å². The van der Waals surface area contributed by atoms with E-state index in [2.05, 4.69) is 10.1 Å². The van der Waals surface area contributed by atoms with Crippen molar-refractivity contribution in [1.29, 1.82) is 0 Å². The summed E-state index contributed by atoms with van der Waals surface area (Å²) in [6.07, 6.45) is 0. The first-order valence-corrected chi connectivity index (χ1v) is 9.89. The zero-order valence-electron chi connectivity index (χ0n) is 15.9. The van der Waals surface area contributed by atoms with Crippen LogP contribution >= 0.6 is 11.3 Å². The van der Waals surface area contributed by atoms with E-state index in [1.54, 1.807) is 42.5 Å². The Morgan fingerprint density at radius 1 is 1.10 bits per heavy atom. The van der Waals surface area contributed by atoms with Crippen molar-refractivity contribution in [3.8, 4) is 21.8 Å². The molecule has 2 aromatic heterocycles. The minimum Gasteiger partial charge on any atom is -0.465 e. The van der Waals surface area contributed by atoms with E-state index in [0.717, 1.165) is 10.6 Å². The Morgan fingerprint density at radius 2 is 1.87 bits per heavy atom. The summed E-state index contributed by atoms with van der Waals surface area (Å²) < 4.78 is 20.0. The fraction of sp³-hybridized carbons (Fsp3) is 0.0909. The molecule has 0 radical (unpaired) electrons. The fourth-order valence-corrected chi connectivity index (χ4v) is 3.72. The number of carbonyl (C=O) groups excluding carboxylic acids is 1. The Kier molecular flexibility index (Phi) is 5.49. The first-order valence-electron chi connectivity index (χ1n) is 9.01. The van der Waals surface area contributed by atoms with Gasteiger partial charge in [0.05, 0.1) is 30.6 Å². The van der Waals surface area contributed by atoms with Gasteiger partial charge in [0.1, 0.15) is 10.8 Å². The Balaban J connectivity index is 1.58. The van der Waals surface area contributed by atoms with Crippen molar-refractivity contribution >= 4 is 17.3 Å². The lowest BCUT2D eigenvalue weighted by atomic mass is 10.1. The number of rotatable bonds is 5. The Hall–Kier alpha value is -3.65. The van der Waals surface area contributed by atoms with Gasteiger partial charge >= 0.3 is 5.97 Å². The van der Waals surface area contributed by atoms with Crippen molar-refractivity contribution in [2.75, 3.05) is 7.11 Å². The number of carbonyl (C=O) groups is 1. The maximum atomic E-state index is 14.1.